The van der Waals surface area contributed by atoms with Crippen molar-refractivity contribution in [2.45, 2.75) is 51.5 Å². The lowest BCUT2D eigenvalue weighted by Crippen LogP contribution is -2.31. The SMILES string of the molecule is Cc1nc2oc3ccccc3c(=O)c2c(=O)n1C1CCCCCC1. The van der Waals surface area contributed by atoms with Gasteiger partial charge in [-0.3, -0.25) is 14.2 Å². The van der Waals surface area contributed by atoms with Gasteiger partial charge >= 0.3 is 0 Å². The van der Waals surface area contributed by atoms with Crippen LogP contribution in [0.5, 0.6) is 0 Å². The fourth-order valence-corrected chi connectivity index (χ4v) is 3.81. The molecule has 0 N–H and O–H groups in total. The molecule has 3 aromatic rings. The van der Waals surface area contributed by atoms with Crippen LogP contribution in [0, 0.1) is 6.92 Å². The zero-order valence-electron chi connectivity index (χ0n) is 13.7. The lowest BCUT2D eigenvalue weighted by atomic mass is 10.1. The molecule has 124 valence electrons. The summed E-state index contributed by atoms with van der Waals surface area (Å²) >= 11 is 0. The Morgan fingerprint density at radius 2 is 1.79 bits per heavy atom. The molecule has 0 spiro atoms. The Morgan fingerprint density at radius 1 is 1.08 bits per heavy atom. The van der Waals surface area contributed by atoms with Crippen LogP contribution in [-0.2, 0) is 0 Å². The molecule has 0 bridgehead atoms. The van der Waals surface area contributed by atoms with Gasteiger partial charge in [0.05, 0.1) is 5.39 Å². The third-order valence-electron chi connectivity index (χ3n) is 5.01. The molecular weight excluding hydrogens is 304 g/mol. The molecule has 1 fully saturated rings. The summed E-state index contributed by atoms with van der Waals surface area (Å²) in [7, 11) is 0. The average Bonchev–Trinajstić information content (AvgIpc) is 2.84. The van der Waals surface area contributed by atoms with E-state index in [1.165, 1.54) is 12.8 Å². The Labute approximate surface area is 138 Å². The number of para-hydroxylation sites is 1. The van der Waals surface area contributed by atoms with Crippen molar-refractivity contribution >= 4 is 22.1 Å². The van der Waals surface area contributed by atoms with Crippen molar-refractivity contribution in [3.8, 4) is 0 Å². The Hall–Kier alpha value is -2.43. The predicted molar refractivity (Wildman–Crippen MR) is 93.5 cm³/mol. The minimum absolute atomic E-state index is 0.0727. The Bertz CT molecular complexity index is 1020. The number of aromatic nitrogens is 2. The molecule has 0 radical (unpaired) electrons. The molecule has 0 saturated heterocycles. The molecule has 1 aliphatic rings. The van der Waals surface area contributed by atoms with E-state index in [2.05, 4.69) is 4.98 Å². The van der Waals surface area contributed by atoms with E-state index < -0.39 is 0 Å². The average molecular weight is 324 g/mol. The number of rotatable bonds is 1. The number of nitrogens with zero attached hydrogens (tertiary/aromatic N) is 2. The van der Waals surface area contributed by atoms with E-state index in [9.17, 15) is 9.59 Å². The zero-order chi connectivity index (χ0) is 16.7. The van der Waals surface area contributed by atoms with E-state index in [0.29, 0.717) is 16.8 Å². The predicted octanol–water partition coefficient (Wildman–Crippen LogP) is 3.71. The van der Waals surface area contributed by atoms with E-state index in [0.717, 1.165) is 25.7 Å². The van der Waals surface area contributed by atoms with Crippen LogP contribution in [0.4, 0.5) is 0 Å². The van der Waals surface area contributed by atoms with Crippen molar-refractivity contribution in [2.75, 3.05) is 0 Å². The van der Waals surface area contributed by atoms with Gasteiger partial charge in [-0.2, -0.15) is 4.98 Å². The molecule has 1 aromatic carbocycles. The first-order chi connectivity index (χ1) is 11.7. The summed E-state index contributed by atoms with van der Waals surface area (Å²) in [5.74, 6) is 0.623. The molecule has 5 nitrogen and oxygen atoms in total. The second-order valence-corrected chi connectivity index (χ2v) is 6.59. The summed E-state index contributed by atoms with van der Waals surface area (Å²) < 4.78 is 7.45. The fourth-order valence-electron chi connectivity index (χ4n) is 3.81. The van der Waals surface area contributed by atoms with E-state index in [-0.39, 0.29) is 28.1 Å². The van der Waals surface area contributed by atoms with Gasteiger partial charge in [0.25, 0.3) is 5.56 Å². The van der Waals surface area contributed by atoms with Crippen LogP contribution < -0.4 is 11.0 Å². The van der Waals surface area contributed by atoms with Gasteiger partial charge < -0.3 is 4.42 Å². The van der Waals surface area contributed by atoms with Crippen LogP contribution in [0.3, 0.4) is 0 Å². The number of hydrogen-bond acceptors (Lipinski definition) is 4. The van der Waals surface area contributed by atoms with E-state index >= 15 is 0 Å². The third kappa shape index (κ3) is 2.35. The number of fused-ring (bicyclic) bond motifs is 2. The lowest BCUT2D eigenvalue weighted by molar-refractivity contribution is 0.419. The molecule has 2 aromatic heterocycles. The summed E-state index contributed by atoms with van der Waals surface area (Å²) in [5, 5.41) is 0.503. The van der Waals surface area contributed by atoms with E-state index in [1.54, 1.807) is 28.8 Å². The van der Waals surface area contributed by atoms with Crippen molar-refractivity contribution in [2.24, 2.45) is 0 Å². The van der Waals surface area contributed by atoms with Gasteiger partial charge in [-0.25, -0.2) is 0 Å². The highest BCUT2D eigenvalue weighted by atomic mass is 16.3. The zero-order valence-corrected chi connectivity index (χ0v) is 13.7. The van der Waals surface area contributed by atoms with Gasteiger partial charge in [0.15, 0.2) is 5.39 Å². The minimum Gasteiger partial charge on any atom is -0.437 e. The smallest absolute Gasteiger partial charge is 0.268 e. The molecule has 24 heavy (non-hydrogen) atoms. The van der Waals surface area contributed by atoms with Gasteiger partial charge in [0.2, 0.25) is 11.1 Å². The number of aryl methyl sites for hydroxylation is 1. The quantitative estimate of drug-likeness (QED) is 0.505. The van der Waals surface area contributed by atoms with Crippen molar-refractivity contribution in [1.82, 2.24) is 9.55 Å². The van der Waals surface area contributed by atoms with Gasteiger partial charge in [0, 0.05) is 6.04 Å². The van der Waals surface area contributed by atoms with E-state index in [4.69, 9.17) is 4.42 Å². The number of hydrogen-bond donors (Lipinski definition) is 0. The molecule has 1 aliphatic carbocycles. The van der Waals surface area contributed by atoms with Crippen LogP contribution in [0.15, 0.2) is 38.3 Å². The van der Waals surface area contributed by atoms with Crippen LogP contribution >= 0.6 is 0 Å². The molecule has 0 unspecified atom stereocenters. The van der Waals surface area contributed by atoms with Crippen molar-refractivity contribution in [3.63, 3.8) is 0 Å². The van der Waals surface area contributed by atoms with Gasteiger partial charge in [-0.15, -0.1) is 0 Å². The summed E-state index contributed by atoms with van der Waals surface area (Å²) in [6.45, 7) is 1.82. The summed E-state index contributed by atoms with van der Waals surface area (Å²) in [5.41, 5.74) is 0.0650. The maximum atomic E-state index is 13.1. The fraction of sp³-hybridized carbons (Fsp3) is 0.421. The topological polar surface area (TPSA) is 65.1 Å². The molecule has 4 rings (SSSR count). The maximum Gasteiger partial charge on any atom is 0.268 e. The molecule has 0 amide bonds. The monoisotopic (exact) mass is 324 g/mol. The molecule has 1 saturated carbocycles. The van der Waals surface area contributed by atoms with Crippen molar-refractivity contribution in [1.29, 1.82) is 0 Å². The molecule has 0 atom stereocenters. The molecular formula is C19H20N2O3. The number of benzene rings is 1. The Kier molecular flexibility index (Phi) is 3.71. The summed E-state index contributed by atoms with van der Waals surface area (Å²) in [4.78, 5) is 30.3. The normalized spacial score (nSPS) is 16.5. The summed E-state index contributed by atoms with van der Waals surface area (Å²) in [6.07, 6.45) is 6.57. The van der Waals surface area contributed by atoms with Crippen LogP contribution in [0.1, 0.15) is 50.4 Å². The standard InChI is InChI=1S/C19H20N2O3/c1-12-20-18-16(17(22)14-10-6-7-11-15(14)24-18)19(23)21(12)13-8-4-2-3-5-9-13/h6-7,10-11,13H,2-5,8-9H2,1H3. The second kappa shape index (κ2) is 5.89. The first-order valence-corrected chi connectivity index (χ1v) is 8.61. The first-order valence-electron chi connectivity index (χ1n) is 8.61. The molecule has 0 aliphatic heterocycles. The maximum absolute atomic E-state index is 13.1. The highest BCUT2D eigenvalue weighted by Crippen LogP contribution is 2.27. The molecule has 2 heterocycles. The largest absolute Gasteiger partial charge is 0.437 e. The second-order valence-electron chi connectivity index (χ2n) is 6.59. The highest BCUT2D eigenvalue weighted by Gasteiger charge is 2.22. The third-order valence-corrected chi connectivity index (χ3v) is 5.01. The highest BCUT2D eigenvalue weighted by molar-refractivity contribution is 5.87. The van der Waals surface area contributed by atoms with Crippen LogP contribution in [0.25, 0.3) is 22.1 Å². The van der Waals surface area contributed by atoms with Crippen LogP contribution in [-0.4, -0.2) is 9.55 Å². The van der Waals surface area contributed by atoms with Gasteiger partial charge in [-0.1, -0.05) is 37.8 Å². The van der Waals surface area contributed by atoms with E-state index in [1.807, 2.05) is 6.92 Å². The first kappa shape index (κ1) is 15.1. The Balaban J connectivity index is 2.02. The van der Waals surface area contributed by atoms with Crippen molar-refractivity contribution in [3.05, 3.63) is 50.7 Å². The lowest BCUT2D eigenvalue weighted by Gasteiger charge is -2.20. The van der Waals surface area contributed by atoms with Gasteiger partial charge in [0.1, 0.15) is 11.4 Å². The van der Waals surface area contributed by atoms with Crippen LogP contribution in [0.2, 0.25) is 0 Å². The van der Waals surface area contributed by atoms with Gasteiger partial charge in [-0.05, 0) is 31.9 Å². The summed E-state index contributed by atoms with van der Waals surface area (Å²) in [6, 6.07) is 7.12. The van der Waals surface area contributed by atoms with Crippen molar-refractivity contribution < 1.29 is 4.42 Å². The Morgan fingerprint density at radius 3 is 2.54 bits per heavy atom. The minimum atomic E-state index is -0.285. The molecule has 5 heteroatoms.